The molecule has 1 fully saturated rings. The molecule has 1 saturated heterocycles. The van der Waals surface area contributed by atoms with Crippen molar-refractivity contribution in [3.05, 3.63) is 126 Å². The lowest BCUT2D eigenvalue weighted by Crippen LogP contribution is -2.29. The van der Waals surface area contributed by atoms with Crippen LogP contribution in [0, 0.1) is 0 Å². The van der Waals surface area contributed by atoms with Gasteiger partial charge in [-0.2, -0.15) is 0 Å². The summed E-state index contributed by atoms with van der Waals surface area (Å²) >= 11 is 5.85. The molecule has 0 bridgehead atoms. The minimum Gasteiger partial charge on any atom is -0.497 e. The number of carbonyl (C=O) groups excluding carboxylic acids is 1. The van der Waals surface area contributed by atoms with Crippen LogP contribution in [0.1, 0.15) is 33.9 Å². The SMILES string of the molecule is COC(=O)c1cccc(-c2ccc([C@@H]3[C@@H](c4ccccn4)NC(=S)N3c3ccc(Oc4ccc(OC)cc4)cc3)o2)c1. The number of benzene rings is 3. The Bertz CT molecular complexity index is 1700. The maximum Gasteiger partial charge on any atom is 0.337 e. The molecular formula is C33H27N3O5S. The standard InChI is InChI=1S/C33H27N3O5S/c1-38-24-13-15-26(16-14-24)40-25-11-9-23(10-12-25)36-31(30(35-33(36)42)27-8-3-4-19-34-27)29-18-17-28(41-29)21-6-5-7-22(20-21)32(37)39-2/h3-20,30-31H,1-2H3,(H,35,42)/t30-,31-/m1/s1. The zero-order valence-corrected chi connectivity index (χ0v) is 23.7. The minimum atomic E-state index is -0.408. The van der Waals surface area contributed by atoms with Crippen LogP contribution < -0.4 is 19.7 Å². The zero-order chi connectivity index (χ0) is 29.1. The number of methoxy groups -OCH3 is 2. The quantitative estimate of drug-likeness (QED) is 0.153. The average Bonchev–Trinajstić information content (AvgIpc) is 3.67. The summed E-state index contributed by atoms with van der Waals surface area (Å²) in [4.78, 5) is 18.7. The summed E-state index contributed by atoms with van der Waals surface area (Å²) in [5.74, 6) is 3.06. The molecule has 5 aromatic rings. The van der Waals surface area contributed by atoms with Crippen molar-refractivity contribution >= 4 is 29.0 Å². The summed E-state index contributed by atoms with van der Waals surface area (Å²) in [5.41, 5.74) is 2.90. The van der Waals surface area contributed by atoms with Gasteiger partial charge in [-0.3, -0.25) is 4.98 Å². The molecule has 2 atom stereocenters. The summed E-state index contributed by atoms with van der Waals surface area (Å²) in [6, 6.07) is 31.3. The molecule has 3 aromatic carbocycles. The molecule has 210 valence electrons. The number of anilines is 1. The van der Waals surface area contributed by atoms with Crippen LogP contribution in [0.2, 0.25) is 0 Å². The largest absolute Gasteiger partial charge is 0.497 e. The first-order valence-electron chi connectivity index (χ1n) is 13.2. The molecule has 3 heterocycles. The Balaban J connectivity index is 1.33. The number of carbonyl (C=O) groups is 1. The van der Waals surface area contributed by atoms with Crippen molar-refractivity contribution in [2.75, 3.05) is 19.1 Å². The molecule has 0 amide bonds. The van der Waals surface area contributed by atoms with Crippen LogP contribution in [0.4, 0.5) is 5.69 Å². The number of ether oxygens (including phenoxy) is 3. The maximum absolute atomic E-state index is 12.1. The fraction of sp³-hybridized carbons (Fsp3) is 0.121. The molecule has 1 aliphatic heterocycles. The van der Waals surface area contributed by atoms with E-state index in [4.69, 9.17) is 30.8 Å². The number of rotatable bonds is 8. The number of hydrogen-bond acceptors (Lipinski definition) is 7. The van der Waals surface area contributed by atoms with E-state index in [1.54, 1.807) is 31.5 Å². The summed E-state index contributed by atoms with van der Waals surface area (Å²) < 4.78 is 22.6. The fourth-order valence-electron chi connectivity index (χ4n) is 4.96. The third kappa shape index (κ3) is 5.42. The van der Waals surface area contributed by atoms with Crippen LogP contribution in [0.3, 0.4) is 0 Å². The molecule has 0 unspecified atom stereocenters. The Kier molecular flexibility index (Phi) is 7.57. The van der Waals surface area contributed by atoms with Crippen LogP contribution in [0.5, 0.6) is 17.2 Å². The molecular weight excluding hydrogens is 550 g/mol. The first kappa shape index (κ1) is 27.0. The van der Waals surface area contributed by atoms with Crippen LogP contribution in [0.15, 0.2) is 114 Å². The Morgan fingerprint density at radius 3 is 2.31 bits per heavy atom. The highest BCUT2D eigenvalue weighted by Gasteiger charge is 2.42. The van der Waals surface area contributed by atoms with E-state index < -0.39 is 5.97 Å². The minimum absolute atomic E-state index is 0.269. The van der Waals surface area contributed by atoms with Crippen molar-refractivity contribution < 1.29 is 23.4 Å². The molecule has 2 aromatic heterocycles. The molecule has 0 aliphatic carbocycles. The molecule has 0 radical (unpaired) electrons. The predicted octanol–water partition coefficient (Wildman–Crippen LogP) is 7.11. The Hall–Kier alpha value is -5.15. The van der Waals surface area contributed by atoms with Crippen molar-refractivity contribution in [1.82, 2.24) is 10.3 Å². The number of furan rings is 1. The average molecular weight is 578 g/mol. The van der Waals surface area contributed by atoms with Crippen molar-refractivity contribution in [2.45, 2.75) is 12.1 Å². The molecule has 6 rings (SSSR count). The maximum atomic E-state index is 12.1. The summed E-state index contributed by atoms with van der Waals surface area (Å²) in [6.07, 6.45) is 1.76. The first-order valence-corrected chi connectivity index (χ1v) is 13.7. The van der Waals surface area contributed by atoms with E-state index in [2.05, 4.69) is 10.3 Å². The van der Waals surface area contributed by atoms with E-state index in [1.807, 2.05) is 89.8 Å². The number of hydrogen-bond donors (Lipinski definition) is 1. The number of thiocarbonyl (C=S) groups is 1. The molecule has 9 heteroatoms. The molecule has 0 saturated carbocycles. The van der Waals surface area contributed by atoms with E-state index in [0.717, 1.165) is 22.7 Å². The second-order valence-corrected chi connectivity index (χ2v) is 9.93. The van der Waals surface area contributed by atoms with Gasteiger partial charge < -0.3 is 28.8 Å². The van der Waals surface area contributed by atoms with E-state index in [0.29, 0.717) is 33.7 Å². The number of esters is 1. The van der Waals surface area contributed by atoms with Gasteiger partial charge in [0.1, 0.15) is 34.8 Å². The monoisotopic (exact) mass is 577 g/mol. The lowest BCUT2D eigenvalue weighted by atomic mass is 10.0. The predicted molar refractivity (Wildman–Crippen MR) is 163 cm³/mol. The van der Waals surface area contributed by atoms with Gasteiger partial charge in [-0.05, 0) is 97.1 Å². The van der Waals surface area contributed by atoms with Crippen molar-refractivity contribution in [2.24, 2.45) is 0 Å². The molecule has 1 aliphatic rings. The van der Waals surface area contributed by atoms with Gasteiger partial charge in [-0.1, -0.05) is 18.2 Å². The van der Waals surface area contributed by atoms with E-state index >= 15 is 0 Å². The number of nitrogens with zero attached hydrogens (tertiary/aromatic N) is 2. The third-order valence-electron chi connectivity index (χ3n) is 6.99. The number of aromatic nitrogens is 1. The van der Waals surface area contributed by atoms with Crippen LogP contribution in [0.25, 0.3) is 11.3 Å². The Morgan fingerprint density at radius 1 is 0.881 bits per heavy atom. The Morgan fingerprint density at radius 2 is 1.62 bits per heavy atom. The number of nitrogens with one attached hydrogen (secondary N) is 1. The highest BCUT2D eigenvalue weighted by atomic mass is 32.1. The number of pyridine rings is 1. The molecule has 42 heavy (non-hydrogen) atoms. The normalized spacial score (nSPS) is 16.1. The second-order valence-electron chi connectivity index (χ2n) is 9.54. The lowest BCUT2D eigenvalue weighted by molar-refractivity contribution is 0.0600. The van der Waals surface area contributed by atoms with Gasteiger partial charge in [0.05, 0.1) is 31.5 Å². The second kappa shape index (κ2) is 11.8. The molecule has 1 N–H and O–H groups in total. The first-order chi connectivity index (χ1) is 20.5. The zero-order valence-electron chi connectivity index (χ0n) is 22.9. The van der Waals surface area contributed by atoms with E-state index in [1.165, 1.54) is 7.11 Å². The Labute approximate surface area is 248 Å². The molecule has 0 spiro atoms. The molecule has 8 nitrogen and oxygen atoms in total. The summed E-state index contributed by atoms with van der Waals surface area (Å²) in [7, 11) is 2.99. The summed E-state index contributed by atoms with van der Waals surface area (Å²) in [6.45, 7) is 0. The van der Waals surface area contributed by atoms with E-state index in [-0.39, 0.29) is 12.1 Å². The van der Waals surface area contributed by atoms with Crippen LogP contribution in [-0.2, 0) is 4.74 Å². The van der Waals surface area contributed by atoms with Gasteiger partial charge in [0.25, 0.3) is 0 Å². The van der Waals surface area contributed by atoms with Gasteiger partial charge >= 0.3 is 5.97 Å². The fourth-order valence-corrected chi connectivity index (χ4v) is 5.31. The van der Waals surface area contributed by atoms with E-state index in [9.17, 15) is 4.79 Å². The van der Waals surface area contributed by atoms with Crippen LogP contribution >= 0.6 is 12.2 Å². The smallest absolute Gasteiger partial charge is 0.337 e. The summed E-state index contributed by atoms with van der Waals surface area (Å²) in [5, 5.41) is 3.99. The third-order valence-corrected chi connectivity index (χ3v) is 7.31. The van der Waals surface area contributed by atoms with Crippen molar-refractivity contribution in [3.63, 3.8) is 0 Å². The van der Waals surface area contributed by atoms with Gasteiger partial charge in [0, 0.05) is 17.4 Å². The van der Waals surface area contributed by atoms with Crippen molar-refractivity contribution in [3.8, 4) is 28.6 Å². The highest BCUT2D eigenvalue weighted by molar-refractivity contribution is 7.80. The van der Waals surface area contributed by atoms with Gasteiger partial charge in [-0.15, -0.1) is 0 Å². The van der Waals surface area contributed by atoms with Crippen molar-refractivity contribution in [1.29, 1.82) is 0 Å². The van der Waals surface area contributed by atoms with Gasteiger partial charge in [0.15, 0.2) is 5.11 Å². The van der Waals surface area contributed by atoms with Gasteiger partial charge in [0.2, 0.25) is 0 Å². The van der Waals surface area contributed by atoms with Crippen LogP contribution in [-0.4, -0.2) is 30.3 Å². The topological polar surface area (TPSA) is 86.1 Å². The highest BCUT2D eigenvalue weighted by Crippen LogP contribution is 2.43. The van der Waals surface area contributed by atoms with Gasteiger partial charge in [-0.25, -0.2) is 4.79 Å². The lowest BCUT2D eigenvalue weighted by Gasteiger charge is -2.26.